The quantitative estimate of drug-likeness (QED) is 0.464. The smallest absolute Gasteiger partial charge is 0.191 e. The number of unbranched alkanes of at least 4 members (excludes halogenated alkanes) is 1. The van der Waals surface area contributed by atoms with Crippen LogP contribution >= 0.6 is 0 Å². The molecule has 6 nitrogen and oxygen atoms in total. The van der Waals surface area contributed by atoms with Gasteiger partial charge in [0.2, 0.25) is 0 Å². The summed E-state index contributed by atoms with van der Waals surface area (Å²) in [5.41, 5.74) is 2.58. The van der Waals surface area contributed by atoms with Crippen molar-refractivity contribution in [3.8, 4) is 0 Å². The Morgan fingerprint density at radius 2 is 1.91 bits per heavy atom. The number of hydrogen-bond donors (Lipinski definition) is 2. The Hall–Kier alpha value is -2.37. The Kier molecular flexibility index (Phi) is 6.41. The standard InChI is InChI=1S/C16H24N6/c1-14-7-3-4-8-15(14)11-19-16(17-2)18-9-5-6-10-22-12-20-21-13-22/h3-4,7-8,12-13H,5-6,9-11H2,1-2H3,(H2,17,18,19). The van der Waals surface area contributed by atoms with Crippen LogP contribution in [0.15, 0.2) is 41.9 Å². The van der Waals surface area contributed by atoms with Gasteiger partial charge in [0.15, 0.2) is 5.96 Å². The highest BCUT2D eigenvalue weighted by atomic mass is 15.2. The van der Waals surface area contributed by atoms with Crippen molar-refractivity contribution in [2.45, 2.75) is 32.9 Å². The highest BCUT2D eigenvalue weighted by Crippen LogP contribution is 2.05. The molecule has 0 saturated heterocycles. The van der Waals surface area contributed by atoms with Gasteiger partial charge in [-0.25, -0.2) is 0 Å². The molecule has 0 atom stereocenters. The van der Waals surface area contributed by atoms with Crippen LogP contribution in [0.25, 0.3) is 0 Å². The van der Waals surface area contributed by atoms with Crippen LogP contribution in [-0.2, 0) is 13.1 Å². The van der Waals surface area contributed by atoms with Gasteiger partial charge in [0, 0.05) is 26.7 Å². The minimum absolute atomic E-state index is 0.785. The number of rotatable bonds is 7. The summed E-state index contributed by atoms with van der Waals surface area (Å²) in [6, 6.07) is 8.37. The normalized spacial score (nSPS) is 11.5. The number of hydrogen-bond acceptors (Lipinski definition) is 3. The number of nitrogens with one attached hydrogen (secondary N) is 2. The molecule has 2 aromatic rings. The molecule has 22 heavy (non-hydrogen) atoms. The fourth-order valence-corrected chi connectivity index (χ4v) is 2.17. The highest BCUT2D eigenvalue weighted by molar-refractivity contribution is 5.79. The lowest BCUT2D eigenvalue weighted by Crippen LogP contribution is -2.37. The lowest BCUT2D eigenvalue weighted by Gasteiger charge is -2.13. The van der Waals surface area contributed by atoms with Crippen LogP contribution in [0.1, 0.15) is 24.0 Å². The van der Waals surface area contributed by atoms with Gasteiger partial charge >= 0.3 is 0 Å². The van der Waals surface area contributed by atoms with Gasteiger partial charge in [-0.2, -0.15) is 0 Å². The molecule has 0 aliphatic carbocycles. The first-order valence-corrected chi connectivity index (χ1v) is 7.61. The van der Waals surface area contributed by atoms with Crippen molar-refractivity contribution in [3.05, 3.63) is 48.0 Å². The summed E-state index contributed by atoms with van der Waals surface area (Å²) in [6.07, 6.45) is 5.65. The van der Waals surface area contributed by atoms with Gasteiger partial charge in [0.05, 0.1) is 0 Å². The van der Waals surface area contributed by atoms with Crippen molar-refractivity contribution in [1.29, 1.82) is 0 Å². The summed E-state index contributed by atoms with van der Waals surface area (Å²) in [7, 11) is 1.80. The maximum Gasteiger partial charge on any atom is 0.191 e. The van der Waals surface area contributed by atoms with E-state index in [9.17, 15) is 0 Å². The molecule has 0 unspecified atom stereocenters. The molecule has 0 bridgehead atoms. The zero-order valence-electron chi connectivity index (χ0n) is 13.3. The van der Waals surface area contributed by atoms with Crippen LogP contribution in [0, 0.1) is 6.92 Å². The maximum absolute atomic E-state index is 4.25. The topological polar surface area (TPSA) is 67.1 Å². The second-order valence-electron chi connectivity index (χ2n) is 5.19. The molecule has 0 saturated carbocycles. The van der Waals surface area contributed by atoms with E-state index in [1.54, 1.807) is 19.7 Å². The number of benzene rings is 1. The molecule has 0 amide bonds. The molecule has 118 valence electrons. The number of nitrogens with zero attached hydrogens (tertiary/aromatic N) is 4. The average molecular weight is 300 g/mol. The zero-order valence-corrected chi connectivity index (χ0v) is 13.3. The van der Waals surface area contributed by atoms with Gasteiger partial charge in [-0.3, -0.25) is 4.99 Å². The van der Waals surface area contributed by atoms with E-state index in [4.69, 9.17) is 0 Å². The third kappa shape index (κ3) is 5.20. The van der Waals surface area contributed by atoms with Crippen molar-refractivity contribution in [1.82, 2.24) is 25.4 Å². The van der Waals surface area contributed by atoms with Gasteiger partial charge in [0.1, 0.15) is 12.7 Å². The van der Waals surface area contributed by atoms with Crippen molar-refractivity contribution >= 4 is 5.96 Å². The summed E-state index contributed by atoms with van der Waals surface area (Å²) in [5.74, 6) is 0.840. The van der Waals surface area contributed by atoms with Gasteiger partial charge in [0.25, 0.3) is 0 Å². The fraction of sp³-hybridized carbons (Fsp3) is 0.438. The second-order valence-corrected chi connectivity index (χ2v) is 5.19. The van der Waals surface area contributed by atoms with Crippen LogP contribution in [0.2, 0.25) is 0 Å². The Morgan fingerprint density at radius 3 is 2.64 bits per heavy atom. The number of aryl methyl sites for hydroxylation is 2. The molecule has 0 radical (unpaired) electrons. The van der Waals surface area contributed by atoms with Gasteiger partial charge in [-0.1, -0.05) is 24.3 Å². The van der Waals surface area contributed by atoms with Crippen LogP contribution in [-0.4, -0.2) is 34.3 Å². The van der Waals surface area contributed by atoms with Crippen LogP contribution in [0.5, 0.6) is 0 Å². The molecular formula is C16H24N6. The molecule has 6 heteroatoms. The molecule has 1 aromatic carbocycles. The zero-order chi connectivity index (χ0) is 15.6. The van der Waals surface area contributed by atoms with E-state index < -0.39 is 0 Å². The van der Waals surface area contributed by atoms with Gasteiger partial charge < -0.3 is 15.2 Å². The number of guanidine groups is 1. The van der Waals surface area contributed by atoms with Crippen molar-refractivity contribution in [3.63, 3.8) is 0 Å². The minimum Gasteiger partial charge on any atom is -0.356 e. The Balaban J connectivity index is 1.64. The van der Waals surface area contributed by atoms with Crippen molar-refractivity contribution < 1.29 is 0 Å². The largest absolute Gasteiger partial charge is 0.356 e. The molecule has 1 heterocycles. The molecule has 0 aliphatic heterocycles. The monoisotopic (exact) mass is 300 g/mol. The predicted molar refractivity (Wildman–Crippen MR) is 88.6 cm³/mol. The molecule has 2 N–H and O–H groups in total. The van der Waals surface area contributed by atoms with E-state index in [0.717, 1.165) is 38.4 Å². The van der Waals surface area contributed by atoms with Crippen molar-refractivity contribution in [2.75, 3.05) is 13.6 Å². The molecule has 2 rings (SSSR count). The van der Waals surface area contributed by atoms with Crippen LogP contribution < -0.4 is 10.6 Å². The van der Waals surface area contributed by atoms with E-state index in [0.29, 0.717) is 0 Å². The van der Waals surface area contributed by atoms with E-state index in [1.165, 1.54) is 11.1 Å². The summed E-state index contributed by atoms with van der Waals surface area (Å²) in [5, 5.41) is 14.3. The Bertz CT molecular complexity index is 576. The van der Waals surface area contributed by atoms with Crippen LogP contribution in [0.4, 0.5) is 0 Å². The van der Waals surface area contributed by atoms with E-state index >= 15 is 0 Å². The first-order valence-electron chi connectivity index (χ1n) is 7.61. The van der Waals surface area contributed by atoms with E-state index in [-0.39, 0.29) is 0 Å². The van der Waals surface area contributed by atoms with E-state index in [2.05, 4.69) is 57.0 Å². The summed E-state index contributed by atoms with van der Waals surface area (Å²) in [4.78, 5) is 4.25. The van der Waals surface area contributed by atoms with Gasteiger partial charge in [-0.15, -0.1) is 10.2 Å². The second kappa shape index (κ2) is 8.81. The first-order chi connectivity index (χ1) is 10.8. The molecular weight excluding hydrogens is 276 g/mol. The fourth-order valence-electron chi connectivity index (χ4n) is 2.17. The van der Waals surface area contributed by atoms with Crippen LogP contribution in [0.3, 0.4) is 0 Å². The maximum atomic E-state index is 4.25. The average Bonchev–Trinajstić information content (AvgIpc) is 3.05. The summed E-state index contributed by atoms with van der Waals surface area (Å²) in [6.45, 7) is 4.75. The first kappa shape index (κ1) is 16.0. The molecule has 0 fully saturated rings. The number of aliphatic imine (C=N–C) groups is 1. The third-order valence-electron chi connectivity index (χ3n) is 3.53. The Morgan fingerprint density at radius 1 is 1.14 bits per heavy atom. The highest BCUT2D eigenvalue weighted by Gasteiger charge is 2.00. The van der Waals surface area contributed by atoms with Gasteiger partial charge in [-0.05, 0) is 30.9 Å². The predicted octanol–water partition coefficient (Wildman–Crippen LogP) is 1.73. The number of aromatic nitrogens is 3. The third-order valence-corrected chi connectivity index (χ3v) is 3.53. The molecule has 0 spiro atoms. The summed E-state index contributed by atoms with van der Waals surface area (Å²) >= 11 is 0. The minimum atomic E-state index is 0.785. The lowest BCUT2D eigenvalue weighted by molar-refractivity contribution is 0.597. The lowest BCUT2D eigenvalue weighted by atomic mass is 10.1. The SMILES string of the molecule is CN=C(NCCCCn1cnnc1)NCc1ccccc1C. The van der Waals surface area contributed by atoms with E-state index in [1.807, 2.05) is 4.57 Å². The Labute approximate surface area is 131 Å². The molecule has 0 aliphatic rings. The van der Waals surface area contributed by atoms with Crippen molar-refractivity contribution in [2.24, 2.45) is 4.99 Å². The summed E-state index contributed by atoms with van der Waals surface area (Å²) < 4.78 is 1.99. The molecule has 1 aromatic heterocycles.